The number of urea groups is 1. The van der Waals surface area contributed by atoms with Gasteiger partial charge in [-0.3, -0.25) is 14.5 Å². The van der Waals surface area contributed by atoms with Crippen LogP contribution >= 0.6 is 0 Å². The number of carbonyl (C=O) groups is 3. The zero-order chi connectivity index (χ0) is 21.2. The molecule has 6 heteroatoms. The van der Waals surface area contributed by atoms with Gasteiger partial charge in [0.15, 0.2) is 0 Å². The van der Waals surface area contributed by atoms with Gasteiger partial charge in [-0.05, 0) is 48.6 Å². The maximum absolute atomic E-state index is 13.3. The quantitative estimate of drug-likeness (QED) is 0.682. The molecule has 29 heavy (non-hydrogen) atoms. The van der Waals surface area contributed by atoms with E-state index in [4.69, 9.17) is 0 Å². The van der Waals surface area contributed by atoms with Crippen molar-refractivity contribution in [2.75, 3.05) is 19.6 Å². The zero-order valence-corrected chi connectivity index (χ0v) is 18.0. The molecule has 0 saturated carbocycles. The van der Waals surface area contributed by atoms with Gasteiger partial charge >= 0.3 is 6.03 Å². The Balaban J connectivity index is 1.74. The molecule has 1 aromatic rings. The van der Waals surface area contributed by atoms with Crippen LogP contribution in [0.1, 0.15) is 58.1 Å². The van der Waals surface area contributed by atoms with E-state index in [1.54, 1.807) is 0 Å². The normalized spacial score (nSPS) is 20.7. The molecular formula is C23H33N3O3. The highest BCUT2D eigenvalue weighted by Crippen LogP contribution is 2.41. The number of nitrogens with zero attached hydrogens (tertiary/aromatic N) is 2. The molecule has 0 radical (unpaired) electrons. The largest absolute Gasteiger partial charge is 0.341 e. The van der Waals surface area contributed by atoms with E-state index in [0.717, 1.165) is 35.3 Å². The summed E-state index contributed by atoms with van der Waals surface area (Å²) in [5.74, 6) is 0.519. The molecule has 1 saturated heterocycles. The van der Waals surface area contributed by atoms with E-state index >= 15 is 0 Å². The first-order valence-corrected chi connectivity index (χ1v) is 10.7. The summed E-state index contributed by atoms with van der Waals surface area (Å²) in [4.78, 5) is 41.9. The van der Waals surface area contributed by atoms with Crippen molar-refractivity contribution in [2.45, 2.75) is 58.9 Å². The highest BCUT2D eigenvalue weighted by Gasteiger charge is 2.55. The van der Waals surface area contributed by atoms with Gasteiger partial charge in [-0.15, -0.1) is 0 Å². The summed E-state index contributed by atoms with van der Waals surface area (Å²) >= 11 is 0. The monoisotopic (exact) mass is 399 g/mol. The molecule has 2 aliphatic rings. The first-order valence-electron chi connectivity index (χ1n) is 10.7. The van der Waals surface area contributed by atoms with E-state index in [2.05, 4.69) is 33.0 Å². The van der Waals surface area contributed by atoms with Gasteiger partial charge in [-0.25, -0.2) is 4.79 Å². The van der Waals surface area contributed by atoms with Crippen LogP contribution in [0.2, 0.25) is 0 Å². The fourth-order valence-corrected chi connectivity index (χ4v) is 4.16. The molecule has 1 spiro atoms. The van der Waals surface area contributed by atoms with Crippen LogP contribution < -0.4 is 5.32 Å². The molecule has 0 aromatic heterocycles. The van der Waals surface area contributed by atoms with Crippen molar-refractivity contribution in [3.05, 3.63) is 35.4 Å². The maximum Gasteiger partial charge on any atom is 0.325 e. The lowest BCUT2D eigenvalue weighted by molar-refractivity contribution is -0.139. The molecule has 1 aliphatic heterocycles. The third kappa shape index (κ3) is 4.31. The lowest BCUT2D eigenvalue weighted by Crippen LogP contribution is -2.45. The van der Waals surface area contributed by atoms with Crippen molar-refractivity contribution < 1.29 is 14.4 Å². The standard InChI is InChI=1S/C23H33N3O3/c1-16(2)10-13-25(14-11-17(3)4)20(27)15-26-21(28)23(24-22(26)29)12-9-18-7-5-6-8-19(18)23/h5-8,16-17H,9-15H2,1-4H3,(H,24,29). The van der Waals surface area contributed by atoms with Gasteiger partial charge in [0.25, 0.3) is 5.91 Å². The molecule has 1 unspecified atom stereocenters. The number of benzene rings is 1. The van der Waals surface area contributed by atoms with Gasteiger partial charge in [0, 0.05) is 13.1 Å². The van der Waals surface area contributed by atoms with Gasteiger partial charge in [-0.2, -0.15) is 0 Å². The van der Waals surface area contributed by atoms with Gasteiger partial charge in [0.2, 0.25) is 5.91 Å². The third-order valence-electron chi connectivity index (χ3n) is 6.02. The van der Waals surface area contributed by atoms with E-state index in [-0.39, 0.29) is 18.4 Å². The smallest absolute Gasteiger partial charge is 0.325 e. The Bertz CT molecular complexity index is 777. The van der Waals surface area contributed by atoms with E-state index < -0.39 is 11.6 Å². The Hall–Kier alpha value is -2.37. The second-order valence-electron chi connectivity index (χ2n) is 9.13. The summed E-state index contributed by atoms with van der Waals surface area (Å²) in [5.41, 5.74) is 0.948. The van der Waals surface area contributed by atoms with Crippen molar-refractivity contribution in [1.82, 2.24) is 15.1 Å². The Morgan fingerprint density at radius 2 is 1.72 bits per heavy atom. The molecule has 3 rings (SSSR count). The Kier molecular flexibility index (Phi) is 6.30. The summed E-state index contributed by atoms with van der Waals surface area (Å²) in [6.07, 6.45) is 3.10. The van der Waals surface area contributed by atoms with Crippen LogP contribution in [0.15, 0.2) is 24.3 Å². The topological polar surface area (TPSA) is 69.7 Å². The van der Waals surface area contributed by atoms with Crippen LogP contribution in [0.3, 0.4) is 0 Å². The number of carbonyl (C=O) groups excluding carboxylic acids is 3. The highest BCUT2D eigenvalue weighted by molar-refractivity contribution is 6.09. The minimum atomic E-state index is -1.01. The van der Waals surface area contributed by atoms with Crippen molar-refractivity contribution in [2.24, 2.45) is 11.8 Å². The molecular weight excluding hydrogens is 366 g/mol. The Morgan fingerprint density at radius 1 is 1.10 bits per heavy atom. The van der Waals surface area contributed by atoms with Gasteiger partial charge < -0.3 is 10.2 Å². The molecule has 1 fully saturated rings. The van der Waals surface area contributed by atoms with Crippen molar-refractivity contribution >= 4 is 17.8 Å². The Morgan fingerprint density at radius 3 is 2.34 bits per heavy atom. The summed E-state index contributed by atoms with van der Waals surface area (Å²) in [5, 5.41) is 2.90. The molecule has 1 heterocycles. The van der Waals surface area contributed by atoms with Crippen LogP contribution in [0, 0.1) is 11.8 Å². The van der Waals surface area contributed by atoms with Crippen LogP contribution in [-0.4, -0.2) is 47.3 Å². The van der Waals surface area contributed by atoms with E-state index in [1.807, 2.05) is 29.2 Å². The number of hydrogen-bond donors (Lipinski definition) is 1. The number of hydrogen-bond acceptors (Lipinski definition) is 3. The number of imide groups is 1. The number of rotatable bonds is 8. The third-order valence-corrected chi connectivity index (χ3v) is 6.02. The average molecular weight is 400 g/mol. The fourth-order valence-electron chi connectivity index (χ4n) is 4.16. The highest BCUT2D eigenvalue weighted by atomic mass is 16.2. The number of nitrogens with one attached hydrogen (secondary N) is 1. The van der Waals surface area contributed by atoms with Crippen LogP contribution in [0.5, 0.6) is 0 Å². The summed E-state index contributed by atoms with van der Waals surface area (Å²) in [6, 6.07) is 7.27. The second kappa shape index (κ2) is 8.56. The molecule has 1 aromatic carbocycles. The minimum Gasteiger partial charge on any atom is -0.341 e. The van der Waals surface area contributed by atoms with E-state index in [9.17, 15) is 14.4 Å². The number of amides is 4. The number of aryl methyl sites for hydroxylation is 1. The molecule has 1 atom stereocenters. The molecule has 0 bridgehead atoms. The molecule has 1 aliphatic carbocycles. The molecule has 1 N–H and O–H groups in total. The van der Waals surface area contributed by atoms with Gasteiger partial charge in [-0.1, -0.05) is 52.0 Å². The predicted molar refractivity (Wildman–Crippen MR) is 112 cm³/mol. The zero-order valence-electron chi connectivity index (χ0n) is 18.0. The lowest BCUT2D eigenvalue weighted by atomic mass is 9.92. The molecule has 6 nitrogen and oxygen atoms in total. The SMILES string of the molecule is CC(C)CCN(CCC(C)C)C(=O)CN1C(=O)NC2(CCc3ccccc32)C1=O. The average Bonchev–Trinajstić information content (AvgIpc) is 3.15. The van der Waals surface area contributed by atoms with Crippen LogP contribution in [-0.2, 0) is 21.5 Å². The summed E-state index contributed by atoms with van der Waals surface area (Å²) in [6.45, 7) is 9.63. The van der Waals surface area contributed by atoms with Gasteiger partial charge in [0.05, 0.1) is 0 Å². The summed E-state index contributed by atoms with van der Waals surface area (Å²) < 4.78 is 0. The van der Waals surface area contributed by atoms with Crippen LogP contribution in [0.4, 0.5) is 4.79 Å². The number of fused-ring (bicyclic) bond motifs is 2. The summed E-state index contributed by atoms with van der Waals surface area (Å²) in [7, 11) is 0. The fraction of sp³-hybridized carbons (Fsp3) is 0.609. The first kappa shape index (κ1) is 21.3. The van der Waals surface area contributed by atoms with Crippen LogP contribution in [0.25, 0.3) is 0 Å². The van der Waals surface area contributed by atoms with E-state index in [0.29, 0.717) is 31.3 Å². The molecule has 158 valence electrons. The predicted octanol–water partition coefficient (Wildman–Crippen LogP) is 3.30. The first-order chi connectivity index (χ1) is 13.7. The maximum atomic E-state index is 13.3. The van der Waals surface area contributed by atoms with E-state index in [1.165, 1.54) is 0 Å². The van der Waals surface area contributed by atoms with Crippen molar-refractivity contribution in [1.29, 1.82) is 0 Å². The van der Waals surface area contributed by atoms with Crippen molar-refractivity contribution in [3.63, 3.8) is 0 Å². The second-order valence-corrected chi connectivity index (χ2v) is 9.13. The van der Waals surface area contributed by atoms with Gasteiger partial charge in [0.1, 0.15) is 12.1 Å². The lowest BCUT2D eigenvalue weighted by Gasteiger charge is -2.27. The van der Waals surface area contributed by atoms with Crippen molar-refractivity contribution in [3.8, 4) is 0 Å². The molecule has 4 amide bonds. The minimum absolute atomic E-state index is 0.155. The Labute approximate surface area is 173 Å².